The van der Waals surface area contributed by atoms with Crippen LogP contribution in [-0.2, 0) is 9.47 Å². The van der Waals surface area contributed by atoms with Gasteiger partial charge in [0.1, 0.15) is 0 Å². The van der Waals surface area contributed by atoms with Crippen LogP contribution in [0.1, 0.15) is 16.8 Å². The SMILES string of the molecule is COC[C@H]1[C@@H](NC(=O)c2ccc3nccnc3c2)[C@H]2CCO[C@H]21. The summed E-state index contributed by atoms with van der Waals surface area (Å²) in [5.74, 6) is 0.560. The highest BCUT2D eigenvalue weighted by Gasteiger charge is 2.54. The summed E-state index contributed by atoms with van der Waals surface area (Å²) >= 11 is 0. The molecule has 1 saturated carbocycles. The molecule has 1 aromatic heterocycles. The Labute approximate surface area is 134 Å². The van der Waals surface area contributed by atoms with E-state index in [1.807, 2.05) is 6.07 Å². The fourth-order valence-corrected chi connectivity index (χ4v) is 3.77. The Hall–Kier alpha value is -2.05. The van der Waals surface area contributed by atoms with E-state index in [9.17, 15) is 4.79 Å². The predicted octanol–water partition coefficient (Wildman–Crippen LogP) is 1.41. The van der Waals surface area contributed by atoms with E-state index in [4.69, 9.17) is 9.47 Å². The van der Waals surface area contributed by atoms with Crippen LogP contribution in [0.2, 0.25) is 0 Å². The maximum absolute atomic E-state index is 12.6. The molecule has 0 radical (unpaired) electrons. The Balaban J connectivity index is 1.52. The summed E-state index contributed by atoms with van der Waals surface area (Å²) in [7, 11) is 1.68. The number of carbonyl (C=O) groups excluding carboxylic acids is 1. The molecule has 2 aromatic rings. The second kappa shape index (κ2) is 5.86. The Morgan fingerprint density at radius 2 is 2.17 bits per heavy atom. The number of nitrogens with zero attached hydrogens (tertiary/aromatic N) is 2. The van der Waals surface area contributed by atoms with Crippen molar-refractivity contribution >= 4 is 16.9 Å². The van der Waals surface area contributed by atoms with Gasteiger partial charge in [0.05, 0.1) is 23.7 Å². The van der Waals surface area contributed by atoms with Crippen LogP contribution in [0.4, 0.5) is 0 Å². The van der Waals surface area contributed by atoms with E-state index >= 15 is 0 Å². The molecule has 1 aliphatic heterocycles. The van der Waals surface area contributed by atoms with E-state index in [0.717, 1.165) is 24.1 Å². The smallest absolute Gasteiger partial charge is 0.251 e. The molecule has 4 rings (SSSR count). The van der Waals surface area contributed by atoms with Gasteiger partial charge in [0.25, 0.3) is 5.91 Å². The zero-order chi connectivity index (χ0) is 15.8. The highest BCUT2D eigenvalue weighted by atomic mass is 16.5. The summed E-state index contributed by atoms with van der Waals surface area (Å²) in [6.07, 6.45) is 4.50. The number of benzene rings is 1. The maximum atomic E-state index is 12.6. The molecule has 4 atom stereocenters. The van der Waals surface area contributed by atoms with Crippen LogP contribution < -0.4 is 5.32 Å². The normalized spacial score (nSPS) is 29.1. The predicted molar refractivity (Wildman–Crippen MR) is 84.0 cm³/mol. The molecule has 6 heteroatoms. The minimum atomic E-state index is -0.0750. The summed E-state index contributed by atoms with van der Waals surface area (Å²) in [6, 6.07) is 5.52. The van der Waals surface area contributed by atoms with Gasteiger partial charge in [-0.15, -0.1) is 0 Å². The van der Waals surface area contributed by atoms with Crippen molar-refractivity contribution in [1.29, 1.82) is 0 Å². The van der Waals surface area contributed by atoms with Gasteiger partial charge in [0, 0.05) is 49.6 Å². The third-order valence-corrected chi connectivity index (χ3v) is 4.92. The van der Waals surface area contributed by atoms with Gasteiger partial charge < -0.3 is 14.8 Å². The van der Waals surface area contributed by atoms with Gasteiger partial charge in [-0.05, 0) is 24.6 Å². The van der Waals surface area contributed by atoms with Crippen molar-refractivity contribution in [3.8, 4) is 0 Å². The molecule has 1 aromatic carbocycles. The van der Waals surface area contributed by atoms with Crippen LogP contribution in [0.5, 0.6) is 0 Å². The highest BCUT2D eigenvalue weighted by Crippen LogP contribution is 2.43. The molecule has 23 heavy (non-hydrogen) atoms. The van der Waals surface area contributed by atoms with E-state index in [1.165, 1.54) is 0 Å². The van der Waals surface area contributed by atoms with Gasteiger partial charge >= 0.3 is 0 Å². The second-order valence-electron chi connectivity index (χ2n) is 6.17. The Morgan fingerprint density at radius 1 is 1.35 bits per heavy atom. The maximum Gasteiger partial charge on any atom is 0.251 e. The molecule has 120 valence electrons. The van der Waals surface area contributed by atoms with Gasteiger partial charge in [-0.1, -0.05) is 0 Å². The van der Waals surface area contributed by atoms with Crippen LogP contribution in [0.15, 0.2) is 30.6 Å². The van der Waals surface area contributed by atoms with E-state index < -0.39 is 0 Å². The van der Waals surface area contributed by atoms with Crippen LogP contribution in [0.25, 0.3) is 11.0 Å². The Kier molecular flexibility index (Phi) is 3.71. The topological polar surface area (TPSA) is 73.3 Å². The molecule has 1 N–H and O–H groups in total. The van der Waals surface area contributed by atoms with Crippen molar-refractivity contribution in [2.45, 2.75) is 18.6 Å². The number of hydrogen-bond donors (Lipinski definition) is 1. The summed E-state index contributed by atoms with van der Waals surface area (Å²) in [5, 5.41) is 3.16. The van der Waals surface area contributed by atoms with E-state index in [1.54, 1.807) is 31.6 Å². The molecule has 0 spiro atoms. The number of ether oxygens (including phenoxy) is 2. The molecule has 6 nitrogen and oxygen atoms in total. The quantitative estimate of drug-likeness (QED) is 0.924. The zero-order valence-electron chi connectivity index (χ0n) is 12.9. The number of aromatic nitrogens is 2. The first-order chi connectivity index (χ1) is 11.3. The summed E-state index contributed by atoms with van der Waals surface area (Å²) in [4.78, 5) is 21.1. The van der Waals surface area contributed by atoms with Crippen LogP contribution >= 0.6 is 0 Å². The van der Waals surface area contributed by atoms with Crippen LogP contribution in [0, 0.1) is 11.8 Å². The Bertz CT molecular complexity index is 736. The van der Waals surface area contributed by atoms with Gasteiger partial charge in [-0.3, -0.25) is 14.8 Å². The minimum Gasteiger partial charge on any atom is -0.384 e. The second-order valence-corrected chi connectivity index (χ2v) is 6.17. The lowest BCUT2D eigenvalue weighted by Crippen LogP contribution is -2.62. The van der Waals surface area contributed by atoms with E-state index in [-0.39, 0.29) is 24.0 Å². The monoisotopic (exact) mass is 313 g/mol. The van der Waals surface area contributed by atoms with Crippen molar-refractivity contribution in [2.24, 2.45) is 11.8 Å². The minimum absolute atomic E-state index is 0.0750. The van der Waals surface area contributed by atoms with E-state index in [2.05, 4.69) is 15.3 Å². The fourth-order valence-electron chi connectivity index (χ4n) is 3.77. The molecular weight excluding hydrogens is 294 g/mol. The van der Waals surface area contributed by atoms with Gasteiger partial charge in [-0.25, -0.2) is 0 Å². The molecule has 2 heterocycles. The van der Waals surface area contributed by atoms with Crippen molar-refractivity contribution in [2.75, 3.05) is 20.3 Å². The number of carbonyl (C=O) groups is 1. The van der Waals surface area contributed by atoms with Crippen molar-refractivity contribution in [3.63, 3.8) is 0 Å². The lowest BCUT2D eigenvalue weighted by molar-refractivity contribution is -0.0809. The molecule has 0 bridgehead atoms. The molecule has 1 aliphatic carbocycles. The zero-order valence-corrected chi connectivity index (χ0v) is 12.9. The number of amides is 1. The average molecular weight is 313 g/mol. The van der Waals surface area contributed by atoms with Crippen molar-refractivity contribution in [1.82, 2.24) is 15.3 Å². The molecule has 1 saturated heterocycles. The molecular formula is C17H19N3O3. The third-order valence-electron chi connectivity index (χ3n) is 4.92. The first-order valence-electron chi connectivity index (χ1n) is 7.90. The van der Waals surface area contributed by atoms with Gasteiger partial charge in [-0.2, -0.15) is 0 Å². The summed E-state index contributed by atoms with van der Waals surface area (Å²) in [6.45, 7) is 1.38. The highest BCUT2D eigenvalue weighted by molar-refractivity contribution is 5.97. The van der Waals surface area contributed by atoms with Gasteiger partial charge in [0.15, 0.2) is 0 Å². The number of hydrogen-bond acceptors (Lipinski definition) is 5. The lowest BCUT2D eigenvalue weighted by Gasteiger charge is -2.47. The summed E-state index contributed by atoms with van der Waals surface area (Å²) < 4.78 is 11.0. The van der Waals surface area contributed by atoms with E-state index in [0.29, 0.717) is 18.1 Å². The van der Waals surface area contributed by atoms with Crippen molar-refractivity contribution < 1.29 is 14.3 Å². The first-order valence-corrected chi connectivity index (χ1v) is 7.90. The van der Waals surface area contributed by atoms with Crippen LogP contribution in [-0.4, -0.2) is 48.3 Å². The van der Waals surface area contributed by atoms with Crippen LogP contribution in [0.3, 0.4) is 0 Å². The number of rotatable bonds is 4. The average Bonchev–Trinajstić information content (AvgIpc) is 3.01. The van der Waals surface area contributed by atoms with Gasteiger partial charge in [0.2, 0.25) is 0 Å². The largest absolute Gasteiger partial charge is 0.384 e. The number of nitrogens with one attached hydrogen (secondary N) is 1. The van der Waals surface area contributed by atoms with Crippen molar-refractivity contribution in [3.05, 3.63) is 36.2 Å². The standard InChI is InChI=1S/C17H19N3O3/c1-22-9-12-15(11-4-7-23-16(11)12)20-17(21)10-2-3-13-14(8-10)19-6-5-18-13/h2-3,5-6,8,11-12,15-16H,4,7,9H2,1H3,(H,20,21)/t11-,12+,15+,16-/m1/s1. The summed E-state index contributed by atoms with van der Waals surface area (Å²) in [5.41, 5.74) is 2.12. The third kappa shape index (κ3) is 2.48. The molecule has 2 fully saturated rings. The number of fused-ring (bicyclic) bond motifs is 2. The molecule has 0 unspecified atom stereocenters. The number of methoxy groups -OCH3 is 1. The fraction of sp³-hybridized carbons (Fsp3) is 0.471. The first kappa shape index (κ1) is 14.5. The Morgan fingerprint density at radius 3 is 3.00 bits per heavy atom. The lowest BCUT2D eigenvalue weighted by atomic mass is 9.67. The molecule has 1 amide bonds. The molecule has 2 aliphatic rings.